The maximum Gasteiger partial charge on any atom is 0.254 e. The first-order valence-corrected chi connectivity index (χ1v) is 7.72. The predicted molar refractivity (Wildman–Crippen MR) is 93.7 cm³/mol. The fraction of sp³-hybridized carbons (Fsp3) is 0.105. The lowest BCUT2D eigenvalue weighted by Gasteiger charge is -2.13. The number of hydrogen-bond donors (Lipinski definition) is 1. The van der Waals surface area contributed by atoms with E-state index < -0.39 is 0 Å². The summed E-state index contributed by atoms with van der Waals surface area (Å²) in [5.74, 6) is -0.400. The third kappa shape index (κ3) is 3.98. The fourth-order valence-corrected chi connectivity index (χ4v) is 2.46. The number of rotatable bonds is 4. The molecule has 0 fully saturated rings. The highest BCUT2D eigenvalue weighted by Gasteiger charge is 2.13. The number of carbonyl (C=O) groups excluding carboxylic acids is 1. The van der Waals surface area contributed by atoms with E-state index in [2.05, 4.69) is 10.3 Å². The molecule has 1 aromatic heterocycles. The summed E-state index contributed by atoms with van der Waals surface area (Å²) in [6, 6.07) is 16.0. The molecule has 25 heavy (non-hydrogen) atoms. The smallest absolute Gasteiger partial charge is 0.254 e. The minimum atomic E-state index is -0.382. The molecule has 0 atom stereocenters. The molecule has 1 amide bonds. The van der Waals surface area contributed by atoms with Gasteiger partial charge in [-0.05, 0) is 43.3 Å². The van der Waals surface area contributed by atoms with Crippen LogP contribution in [0.4, 0.5) is 10.1 Å². The van der Waals surface area contributed by atoms with Crippen molar-refractivity contribution in [2.45, 2.75) is 13.5 Å². The van der Waals surface area contributed by atoms with Crippen LogP contribution in [0.15, 0.2) is 65.5 Å². The predicted octanol–water partition coefficient (Wildman–Crippen LogP) is 3.00. The highest BCUT2D eigenvalue weighted by Crippen LogP contribution is 2.17. The summed E-state index contributed by atoms with van der Waals surface area (Å²) in [6.07, 6.45) is 0. The average molecular weight is 337 g/mol. The number of benzene rings is 2. The van der Waals surface area contributed by atoms with Crippen LogP contribution in [0, 0.1) is 12.7 Å². The molecule has 5 nitrogen and oxygen atoms in total. The number of anilines is 1. The number of aromatic nitrogens is 2. The van der Waals surface area contributed by atoms with Gasteiger partial charge in [-0.2, -0.15) is 0 Å². The van der Waals surface area contributed by atoms with E-state index in [0.717, 1.165) is 0 Å². The Morgan fingerprint density at radius 1 is 1.12 bits per heavy atom. The van der Waals surface area contributed by atoms with Crippen molar-refractivity contribution >= 4 is 11.6 Å². The Hall–Kier alpha value is -3.28. The Morgan fingerprint density at radius 2 is 1.80 bits per heavy atom. The highest BCUT2D eigenvalue weighted by molar-refractivity contribution is 5.90. The summed E-state index contributed by atoms with van der Waals surface area (Å²) >= 11 is 0. The fourth-order valence-electron chi connectivity index (χ4n) is 2.46. The minimum absolute atomic E-state index is 0.187. The van der Waals surface area contributed by atoms with Gasteiger partial charge in [0.15, 0.2) is 0 Å². The summed E-state index contributed by atoms with van der Waals surface area (Å²) in [7, 11) is 0. The second-order valence-electron chi connectivity index (χ2n) is 5.57. The van der Waals surface area contributed by atoms with Crippen molar-refractivity contribution in [2.75, 3.05) is 5.32 Å². The van der Waals surface area contributed by atoms with E-state index >= 15 is 0 Å². The molecule has 0 unspecified atom stereocenters. The molecular formula is C19H16FN3O2. The van der Waals surface area contributed by atoms with Gasteiger partial charge in [-0.25, -0.2) is 9.37 Å². The van der Waals surface area contributed by atoms with Crippen molar-refractivity contribution in [3.8, 4) is 11.4 Å². The Labute approximate surface area is 143 Å². The van der Waals surface area contributed by atoms with E-state index in [1.54, 1.807) is 31.2 Å². The molecule has 6 heteroatoms. The molecule has 0 saturated carbocycles. The van der Waals surface area contributed by atoms with Crippen LogP contribution < -0.4 is 10.9 Å². The van der Waals surface area contributed by atoms with Gasteiger partial charge in [-0.1, -0.05) is 18.2 Å². The second-order valence-corrected chi connectivity index (χ2v) is 5.57. The van der Waals surface area contributed by atoms with Crippen LogP contribution in [0.25, 0.3) is 11.4 Å². The molecule has 126 valence electrons. The number of halogens is 1. The normalized spacial score (nSPS) is 10.5. The first-order chi connectivity index (χ1) is 12.0. The number of nitrogens with zero attached hydrogens (tertiary/aromatic N) is 2. The topological polar surface area (TPSA) is 64.0 Å². The van der Waals surface area contributed by atoms with Crippen molar-refractivity contribution in [3.05, 3.63) is 82.5 Å². The van der Waals surface area contributed by atoms with Gasteiger partial charge in [-0.3, -0.25) is 14.2 Å². The standard InChI is InChI=1S/C19H16FN3O2/c1-13-11-18(25)23(12-17(24)22-16-5-3-2-4-6-16)19(21-13)14-7-9-15(20)10-8-14/h2-11H,12H2,1H3,(H,22,24). The van der Waals surface area contributed by atoms with E-state index in [-0.39, 0.29) is 23.8 Å². The minimum Gasteiger partial charge on any atom is -0.325 e. The van der Waals surface area contributed by atoms with Gasteiger partial charge < -0.3 is 5.32 Å². The highest BCUT2D eigenvalue weighted by atomic mass is 19.1. The van der Waals surface area contributed by atoms with Crippen LogP contribution in [-0.2, 0) is 11.3 Å². The van der Waals surface area contributed by atoms with Crippen molar-refractivity contribution in [3.63, 3.8) is 0 Å². The van der Waals surface area contributed by atoms with Crippen LogP contribution in [0.2, 0.25) is 0 Å². The summed E-state index contributed by atoms with van der Waals surface area (Å²) in [5, 5.41) is 2.73. The van der Waals surface area contributed by atoms with Gasteiger partial charge in [0.1, 0.15) is 18.2 Å². The Bertz CT molecular complexity index is 951. The molecular weight excluding hydrogens is 321 g/mol. The molecule has 1 N–H and O–H groups in total. The molecule has 2 aromatic carbocycles. The second kappa shape index (κ2) is 7.09. The molecule has 1 heterocycles. The van der Waals surface area contributed by atoms with Gasteiger partial charge >= 0.3 is 0 Å². The molecule has 0 aliphatic heterocycles. The van der Waals surface area contributed by atoms with Gasteiger partial charge in [0, 0.05) is 23.0 Å². The Kier molecular flexibility index (Phi) is 4.70. The van der Waals surface area contributed by atoms with E-state index in [9.17, 15) is 14.0 Å². The Morgan fingerprint density at radius 3 is 2.48 bits per heavy atom. The van der Waals surface area contributed by atoms with Crippen LogP contribution in [0.3, 0.4) is 0 Å². The molecule has 3 aromatic rings. The molecule has 0 spiro atoms. The first-order valence-electron chi connectivity index (χ1n) is 7.72. The Balaban J connectivity index is 1.94. The molecule has 0 saturated heterocycles. The first kappa shape index (κ1) is 16.6. The maximum atomic E-state index is 13.2. The summed E-state index contributed by atoms with van der Waals surface area (Å²) in [5.41, 5.74) is 1.40. The average Bonchev–Trinajstić information content (AvgIpc) is 2.59. The lowest BCUT2D eigenvalue weighted by Crippen LogP contribution is -2.29. The SMILES string of the molecule is Cc1cc(=O)n(CC(=O)Nc2ccccc2)c(-c2ccc(F)cc2)n1. The molecule has 0 bridgehead atoms. The number of para-hydroxylation sites is 1. The molecule has 0 radical (unpaired) electrons. The van der Waals surface area contributed by atoms with E-state index in [1.165, 1.54) is 34.9 Å². The van der Waals surface area contributed by atoms with Crippen molar-refractivity contribution in [1.82, 2.24) is 9.55 Å². The lowest BCUT2D eigenvalue weighted by molar-refractivity contribution is -0.116. The largest absolute Gasteiger partial charge is 0.325 e. The third-order valence-electron chi connectivity index (χ3n) is 3.60. The summed E-state index contributed by atoms with van der Waals surface area (Å²) in [6.45, 7) is 1.51. The van der Waals surface area contributed by atoms with Crippen LogP contribution in [0.5, 0.6) is 0 Å². The van der Waals surface area contributed by atoms with Crippen LogP contribution in [-0.4, -0.2) is 15.5 Å². The number of aryl methyl sites for hydroxylation is 1. The quantitative estimate of drug-likeness (QED) is 0.796. The van der Waals surface area contributed by atoms with Gasteiger partial charge in [0.05, 0.1) is 0 Å². The van der Waals surface area contributed by atoms with Crippen molar-refractivity contribution < 1.29 is 9.18 Å². The summed E-state index contributed by atoms with van der Waals surface area (Å²) in [4.78, 5) is 29.0. The maximum absolute atomic E-state index is 13.2. The van der Waals surface area contributed by atoms with Gasteiger partial charge in [0.25, 0.3) is 5.56 Å². The molecule has 0 aliphatic rings. The van der Waals surface area contributed by atoms with Gasteiger partial charge in [0.2, 0.25) is 5.91 Å². The van der Waals surface area contributed by atoms with Crippen LogP contribution in [0.1, 0.15) is 5.69 Å². The number of amides is 1. The van der Waals surface area contributed by atoms with E-state index in [0.29, 0.717) is 22.8 Å². The molecule has 3 rings (SSSR count). The number of hydrogen-bond acceptors (Lipinski definition) is 3. The third-order valence-corrected chi connectivity index (χ3v) is 3.60. The lowest BCUT2D eigenvalue weighted by atomic mass is 10.2. The van der Waals surface area contributed by atoms with Crippen molar-refractivity contribution in [1.29, 1.82) is 0 Å². The van der Waals surface area contributed by atoms with Crippen molar-refractivity contribution in [2.24, 2.45) is 0 Å². The van der Waals surface area contributed by atoms with Crippen LogP contribution >= 0.6 is 0 Å². The monoisotopic (exact) mass is 337 g/mol. The zero-order valence-corrected chi connectivity index (χ0v) is 13.6. The zero-order valence-electron chi connectivity index (χ0n) is 13.6. The summed E-state index contributed by atoms with van der Waals surface area (Å²) < 4.78 is 14.4. The van der Waals surface area contributed by atoms with E-state index in [1.807, 2.05) is 6.07 Å². The number of carbonyl (C=O) groups is 1. The number of nitrogens with one attached hydrogen (secondary N) is 1. The molecule has 0 aliphatic carbocycles. The zero-order chi connectivity index (χ0) is 17.8. The van der Waals surface area contributed by atoms with E-state index in [4.69, 9.17) is 0 Å². The van der Waals surface area contributed by atoms with Gasteiger partial charge in [-0.15, -0.1) is 0 Å².